The lowest BCUT2D eigenvalue weighted by Crippen LogP contribution is -2.34. The number of hydrogen-bond donors (Lipinski definition) is 2. The van der Waals surface area contributed by atoms with Crippen LogP contribution in [-0.4, -0.2) is 56.7 Å². The van der Waals surface area contributed by atoms with Crippen molar-refractivity contribution in [2.45, 2.75) is 25.8 Å². The molecule has 4 heterocycles. The van der Waals surface area contributed by atoms with Gasteiger partial charge in [0.15, 0.2) is 5.78 Å². The smallest absolute Gasteiger partial charge is 0.325 e. The second-order valence-corrected chi connectivity index (χ2v) is 10.8. The van der Waals surface area contributed by atoms with Gasteiger partial charge in [-0.2, -0.15) is 10.1 Å². The normalized spacial score (nSPS) is 15.2. The molecule has 2 N–H and O–H groups in total. The van der Waals surface area contributed by atoms with E-state index in [1.54, 1.807) is 29.8 Å². The van der Waals surface area contributed by atoms with Gasteiger partial charge in [0.2, 0.25) is 5.88 Å². The van der Waals surface area contributed by atoms with E-state index in [1.165, 1.54) is 18.4 Å². The third kappa shape index (κ3) is 5.50. The van der Waals surface area contributed by atoms with Gasteiger partial charge in [0.05, 0.1) is 24.3 Å². The topological polar surface area (TPSA) is 135 Å². The van der Waals surface area contributed by atoms with Crippen LogP contribution in [-0.2, 0) is 11.1 Å². The molecule has 176 valence electrons. The van der Waals surface area contributed by atoms with Crippen molar-refractivity contribution >= 4 is 41.3 Å². The van der Waals surface area contributed by atoms with E-state index in [2.05, 4.69) is 15.0 Å². The van der Waals surface area contributed by atoms with E-state index in [1.807, 2.05) is 0 Å². The fourth-order valence-corrected chi connectivity index (χ4v) is 5.39. The average Bonchev–Trinajstić information content (AvgIpc) is 3.34. The Labute approximate surface area is 194 Å². The minimum atomic E-state index is -3.98. The molecule has 10 nitrogen and oxygen atoms in total. The summed E-state index contributed by atoms with van der Waals surface area (Å²) >= 11 is 1.32. The van der Waals surface area contributed by atoms with Gasteiger partial charge in [0.1, 0.15) is 17.7 Å². The quantitative estimate of drug-likeness (QED) is 0.359. The maximum atomic E-state index is 13.1. The Kier molecular flexibility index (Phi) is 6.94. The molecule has 1 saturated heterocycles. The number of rotatable bonds is 8. The summed E-state index contributed by atoms with van der Waals surface area (Å²) in [4.78, 5) is 50.8. The highest BCUT2D eigenvalue weighted by atomic mass is 32.1. The van der Waals surface area contributed by atoms with Crippen LogP contribution >= 0.6 is 18.9 Å². The number of thiophene rings is 1. The number of hydrogen-bond acceptors (Lipinski definition) is 8. The van der Waals surface area contributed by atoms with Gasteiger partial charge in [-0.15, -0.1) is 11.3 Å². The lowest BCUT2D eigenvalue weighted by Gasteiger charge is -2.33. The maximum absolute atomic E-state index is 13.1. The zero-order valence-electron chi connectivity index (χ0n) is 18.1. The third-order valence-corrected chi connectivity index (χ3v) is 7.59. The second kappa shape index (κ2) is 9.72. The second-order valence-electron chi connectivity index (χ2n) is 8.07. The average molecular weight is 492 g/mol. The summed E-state index contributed by atoms with van der Waals surface area (Å²) in [5, 5.41) is 6.84. The summed E-state index contributed by atoms with van der Waals surface area (Å²) < 4.78 is 17.7. The van der Waals surface area contributed by atoms with E-state index in [-0.39, 0.29) is 35.7 Å². The third-order valence-electron chi connectivity index (χ3n) is 5.84. The molecule has 3 aromatic heterocycles. The number of pyridine rings is 1. The molecular formula is C21H25N4O6PS. The Morgan fingerprint density at radius 2 is 2.09 bits per heavy atom. The van der Waals surface area contributed by atoms with Gasteiger partial charge in [-0.05, 0) is 42.7 Å². The van der Waals surface area contributed by atoms with Crippen LogP contribution in [0.2, 0.25) is 0 Å². The van der Waals surface area contributed by atoms with Crippen molar-refractivity contribution in [3.8, 4) is 5.88 Å². The number of Topliss-reactive ketones (excluding diaryl/α,β-unsaturated/α-hetero) is 1. The highest BCUT2D eigenvalue weighted by Crippen LogP contribution is 2.38. The van der Waals surface area contributed by atoms with Gasteiger partial charge in [-0.1, -0.05) is 6.07 Å². The number of carbonyl (C=O) groups excluding carboxylic acids is 1. The fourth-order valence-electron chi connectivity index (χ4n) is 4.03. The number of fused-ring (bicyclic) bond motifs is 1. The van der Waals surface area contributed by atoms with Crippen molar-refractivity contribution in [3.63, 3.8) is 0 Å². The Bertz CT molecular complexity index is 1250. The molecule has 3 aromatic rings. The van der Waals surface area contributed by atoms with Gasteiger partial charge >= 0.3 is 7.60 Å². The fraction of sp³-hybridized carbons (Fsp3) is 0.429. The molecule has 0 aromatic carbocycles. The van der Waals surface area contributed by atoms with Crippen LogP contribution in [0.1, 0.15) is 28.9 Å². The van der Waals surface area contributed by atoms with Crippen LogP contribution in [0.5, 0.6) is 5.88 Å². The van der Waals surface area contributed by atoms with E-state index in [9.17, 15) is 14.2 Å². The van der Waals surface area contributed by atoms with Crippen molar-refractivity contribution in [2.24, 2.45) is 5.92 Å². The van der Waals surface area contributed by atoms with Gasteiger partial charge in [-0.3, -0.25) is 14.2 Å². The number of piperidine rings is 1. The molecule has 4 rings (SSSR count). The van der Waals surface area contributed by atoms with Gasteiger partial charge in [0.25, 0.3) is 5.56 Å². The van der Waals surface area contributed by atoms with Crippen molar-refractivity contribution in [2.75, 3.05) is 31.3 Å². The standard InChI is InChI=1S/C21H25N4O6PS/c1-31-20-19-15(12-22-25(21(19)27)13-16(26)17-3-2-10-33-17)11-18(23-20)24-7-4-14(5-8-24)6-9-32(28,29)30/h2-3,10-12,14H,4-9,13H2,1H3,(H2,28,29,30). The van der Waals surface area contributed by atoms with Gasteiger partial charge in [0, 0.05) is 18.5 Å². The molecule has 1 aliphatic rings. The van der Waals surface area contributed by atoms with Crippen LogP contribution in [0.3, 0.4) is 0 Å². The molecule has 1 fully saturated rings. The predicted octanol–water partition coefficient (Wildman–Crippen LogP) is 2.53. The largest absolute Gasteiger partial charge is 0.480 e. The Hall–Kier alpha value is -2.59. The molecule has 0 saturated carbocycles. The first-order valence-electron chi connectivity index (χ1n) is 10.6. The molecule has 0 bridgehead atoms. The molecule has 0 spiro atoms. The summed E-state index contributed by atoms with van der Waals surface area (Å²) in [5.74, 6) is 0.896. The van der Waals surface area contributed by atoms with Crippen molar-refractivity contribution in [3.05, 3.63) is 45.0 Å². The van der Waals surface area contributed by atoms with Crippen molar-refractivity contribution in [1.82, 2.24) is 14.8 Å². The van der Waals surface area contributed by atoms with Crippen molar-refractivity contribution < 1.29 is 23.9 Å². The Morgan fingerprint density at radius 3 is 2.73 bits per heavy atom. The zero-order valence-corrected chi connectivity index (χ0v) is 19.8. The summed E-state index contributed by atoms with van der Waals surface area (Å²) in [6, 6.07) is 5.28. The zero-order chi connectivity index (χ0) is 23.6. The summed E-state index contributed by atoms with van der Waals surface area (Å²) in [5.41, 5.74) is -0.440. The molecule has 0 atom stereocenters. The van der Waals surface area contributed by atoms with Gasteiger partial charge < -0.3 is 19.4 Å². The number of ketones is 1. The number of carbonyl (C=O) groups is 1. The molecule has 0 radical (unpaired) electrons. The highest BCUT2D eigenvalue weighted by Gasteiger charge is 2.24. The first kappa shape index (κ1) is 23.6. The number of ether oxygens (including phenoxy) is 1. The molecule has 0 unspecified atom stereocenters. The monoisotopic (exact) mass is 492 g/mol. The summed E-state index contributed by atoms with van der Waals surface area (Å²) in [6.45, 7) is 1.21. The minimum absolute atomic E-state index is 0.0906. The lowest BCUT2D eigenvalue weighted by atomic mass is 9.94. The lowest BCUT2D eigenvalue weighted by molar-refractivity contribution is 0.0970. The van der Waals surface area contributed by atoms with E-state index >= 15 is 0 Å². The van der Waals surface area contributed by atoms with Crippen LogP contribution in [0.4, 0.5) is 5.82 Å². The number of methoxy groups -OCH3 is 1. The Morgan fingerprint density at radius 1 is 1.33 bits per heavy atom. The van der Waals surface area contributed by atoms with Crippen molar-refractivity contribution in [1.29, 1.82) is 0 Å². The van der Waals surface area contributed by atoms with E-state index in [0.29, 0.717) is 35.6 Å². The number of aromatic nitrogens is 3. The number of nitrogens with zero attached hydrogens (tertiary/aromatic N) is 4. The first-order valence-corrected chi connectivity index (χ1v) is 13.2. The minimum Gasteiger partial charge on any atom is -0.480 e. The first-order chi connectivity index (χ1) is 15.7. The van der Waals surface area contributed by atoms with E-state index < -0.39 is 13.2 Å². The highest BCUT2D eigenvalue weighted by molar-refractivity contribution is 7.51. The van der Waals surface area contributed by atoms with E-state index in [0.717, 1.165) is 17.5 Å². The van der Waals surface area contributed by atoms with Crippen LogP contribution in [0.15, 0.2) is 34.6 Å². The SMILES string of the molecule is COc1nc(N2CCC(CCP(=O)(O)O)CC2)cc2cnn(CC(=O)c3cccs3)c(=O)c12. The maximum Gasteiger partial charge on any atom is 0.325 e. The summed E-state index contributed by atoms with van der Waals surface area (Å²) in [7, 11) is -2.53. The van der Waals surface area contributed by atoms with Crippen LogP contribution < -0.4 is 15.2 Å². The molecule has 0 amide bonds. The molecular weight excluding hydrogens is 467 g/mol. The predicted molar refractivity (Wildman–Crippen MR) is 125 cm³/mol. The number of anilines is 1. The molecule has 0 aliphatic carbocycles. The molecule has 1 aliphatic heterocycles. The molecule has 33 heavy (non-hydrogen) atoms. The summed E-state index contributed by atoms with van der Waals surface area (Å²) in [6.07, 6.45) is 3.55. The molecule has 12 heteroatoms. The van der Waals surface area contributed by atoms with Crippen LogP contribution in [0.25, 0.3) is 10.8 Å². The Balaban J connectivity index is 1.54. The van der Waals surface area contributed by atoms with E-state index in [4.69, 9.17) is 14.5 Å². The van der Waals surface area contributed by atoms with Gasteiger partial charge in [-0.25, -0.2) is 4.68 Å². The van der Waals surface area contributed by atoms with Crippen LogP contribution in [0, 0.1) is 5.92 Å².